The summed E-state index contributed by atoms with van der Waals surface area (Å²) in [6, 6.07) is 9.68. The van der Waals surface area contributed by atoms with E-state index in [0.717, 1.165) is 19.0 Å². The Bertz CT molecular complexity index is 369. The first kappa shape index (κ1) is 13.9. The Labute approximate surface area is 115 Å². The van der Waals surface area contributed by atoms with Gasteiger partial charge in [-0.2, -0.15) is 0 Å². The van der Waals surface area contributed by atoms with Crippen LogP contribution in [-0.2, 0) is 0 Å². The van der Waals surface area contributed by atoms with Crippen molar-refractivity contribution in [1.29, 1.82) is 0 Å². The summed E-state index contributed by atoms with van der Waals surface area (Å²) in [7, 11) is 4.36. The van der Waals surface area contributed by atoms with Crippen LogP contribution in [0.4, 0.5) is 0 Å². The summed E-state index contributed by atoms with van der Waals surface area (Å²) in [6.07, 6.45) is 0. The van der Waals surface area contributed by atoms with E-state index in [1.807, 2.05) is 11.8 Å². The van der Waals surface area contributed by atoms with Crippen molar-refractivity contribution in [2.75, 3.05) is 27.2 Å². The zero-order valence-corrected chi connectivity index (χ0v) is 12.6. The smallest absolute Gasteiger partial charge is 0.0394 e. The number of nitrogens with one attached hydrogen (secondary N) is 1. The predicted octanol–water partition coefficient (Wildman–Crippen LogP) is 3.01. The molecule has 2 rings (SSSR count). The number of rotatable bonds is 5. The third-order valence-corrected chi connectivity index (χ3v) is 4.43. The Morgan fingerprint density at radius 3 is 2.17 bits per heavy atom. The zero-order valence-electron chi connectivity index (χ0n) is 11.8. The largest absolute Gasteiger partial charge is 0.316 e. The van der Waals surface area contributed by atoms with Crippen molar-refractivity contribution in [3.8, 4) is 0 Å². The average Bonchev–Trinajstić information content (AvgIpc) is 2.23. The van der Waals surface area contributed by atoms with Crippen LogP contribution >= 0.6 is 11.8 Å². The van der Waals surface area contributed by atoms with Crippen LogP contribution in [0.1, 0.15) is 25.5 Å². The topological polar surface area (TPSA) is 15.3 Å². The molecule has 1 N–H and O–H groups in total. The highest BCUT2D eigenvalue weighted by atomic mass is 32.2. The van der Waals surface area contributed by atoms with Gasteiger partial charge in [0.1, 0.15) is 0 Å². The van der Waals surface area contributed by atoms with E-state index in [9.17, 15) is 0 Å². The molecule has 1 aromatic rings. The molecule has 0 aromatic heterocycles. The second-order valence-electron chi connectivity index (χ2n) is 5.56. The lowest BCUT2D eigenvalue weighted by Crippen LogP contribution is -2.48. The lowest BCUT2D eigenvalue weighted by atomic mass is 9.88. The highest BCUT2D eigenvalue weighted by molar-refractivity contribution is 7.99. The SMILES string of the molecule is CC(C)Sc1ccc(C(C2CNC2)N(C)C)cc1. The quantitative estimate of drug-likeness (QED) is 0.823. The number of hydrogen-bond acceptors (Lipinski definition) is 3. The number of hydrogen-bond donors (Lipinski definition) is 1. The Morgan fingerprint density at radius 2 is 1.78 bits per heavy atom. The molecule has 1 fully saturated rings. The zero-order chi connectivity index (χ0) is 13.1. The minimum absolute atomic E-state index is 0.546. The van der Waals surface area contributed by atoms with Gasteiger partial charge in [-0.3, -0.25) is 0 Å². The van der Waals surface area contributed by atoms with Crippen molar-refractivity contribution in [2.24, 2.45) is 5.92 Å². The summed E-state index contributed by atoms with van der Waals surface area (Å²) >= 11 is 1.93. The lowest BCUT2D eigenvalue weighted by Gasteiger charge is -2.39. The highest BCUT2D eigenvalue weighted by Crippen LogP contribution is 2.31. The van der Waals surface area contributed by atoms with Crippen LogP contribution in [-0.4, -0.2) is 37.3 Å². The van der Waals surface area contributed by atoms with Crippen LogP contribution in [0.3, 0.4) is 0 Å². The van der Waals surface area contributed by atoms with E-state index in [1.165, 1.54) is 10.5 Å². The second kappa shape index (κ2) is 6.09. The monoisotopic (exact) mass is 264 g/mol. The fourth-order valence-corrected chi connectivity index (χ4v) is 3.38. The first-order valence-electron chi connectivity index (χ1n) is 6.71. The molecule has 1 heterocycles. The molecule has 0 radical (unpaired) electrons. The minimum atomic E-state index is 0.546. The first-order valence-corrected chi connectivity index (χ1v) is 7.59. The van der Waals surface area contributed by atoms with E-state index in [0.29, 0.717) is 11.3 Å². The summed E-state index contributed by atoms with van der Waals surface area (Å²) < 4.78 is 0. The van der Waals surface area contributed by atoms with Crippen LogP contribution in [0.25, 0.3) is 0 Å². The summed E-state index contributed by atoms with van der Waals surface area (Å²) in [5.74, 6) is 0.753. The molecule has 1 aromatic carbocycles. The summed E-state index contributed by atoms with van der Waals surface area (Å²) in [6.45, 7) is 6.76. The van der Waals surface area contributed by atoms with E-state index in [2.05, 4.69) is 62.4 Å². The number of nitrogens with zero attached hydrogens (tertiary/aromatic N) is 1. The normalized spacial score (nSPS) is 18.1. The summed E-state index contributed by atoms with van der Waals surface area (Å²) in [5, 5.41) is 4.02. The van der Waals surface area contributed by atoms with Crippen molar-refractivity contribution >= 4 is 11.8 Å². The predicted molar refractivity (Wildman–Crippen MR) is 80.2 cm³/mol. The van der Waals surface area contributed by atoms with Gasteiger partial charge in [-0.15, -0.1) is 11.8 Å². The molecule has 0 spiro atoms. The van der Waals surface area contributed by atoms with Gasteiger partial charge in [0.2, 0.25) is 0 Å². The maximum Gasteiger partial charge on any atom is 0.0394 e. The Kier molecular flexibility index (Phi) is 4.71. The minimum Gasteiger partial charge on any atom is -0.316 e. The molecular weight excluding hydrogens is 240 g/mol. The summed E-state index contributed by atoms with van der Waals surface area (Å²) in [4.78, 5) is 3.72. The van der Waals surface area contributed by atoms with Gasteiger partial charge in [-0.05, 0) is 31.8 Å². The molecule has 100 valence electrons. The number of thioether (sulfide) groups is 1. The molecule has 0 aliphatic carbocycles. The standard InChI is InChI=1S/C15H24N2S/c1-11(2)18-14-7-5-12(6-8-14)15(17(3)4)13-9-16-10-13/h5-8,11,13,15-16H,9-10H2,1-4H3. The van der Waals surface area contributed by atoms with Crippen LogP contribution in [0, 0.1) is 5.92 Å². The molecule has 3 heteroatoms. The van der Waals surface area contributed by atoms with E-state index in [4.69, 9.17) is 0 Å². The van der Waals surface area contributed by atoms with Gasteiger partial charge in [-0.1, -0.05) is 26.0 Å². The van der Waals surface area contributed by atoms with Gasteiger partial charge in [0.25, 0.3) is 0 Å². The third-order valence-electron chi connectivity index (χ3n) is 3.41. The van der Waals surface area contributed by atoms with Gasteiger partial charge in [-0.25, -0.2) is 0 Å². The van der Waals surface area contributed by atoms with Gasteiger partial charge in [0.15, 0.2) is 0 Å². The van der Waals surface area contributed by atoms with Crippen LogP contribution in [0.15, 0.2) is 29.2 Å². The van der Waals surface area contributed by atoms with Gasteiger partial charge >= 0.3 is 0 Å². The summed E-state index contributed by atoms with van der Waals surface area (Å²) in [5.41, 5.74) is 1.44. The fraction of sp³-hybridized carbons (Fsp3) is 0.600. The Hall–Kier alpha value is -0.510. The van der Waals surface area contributed by atoms with Crippen LogP contribution < -0.4 is 5.32 Å². The van der Waals surface area contributed by atoms with Crippen molar-refractivity contribution in [3.63, 3.8) is 0 Å². The van der Waals surface area contributed by atoms with Crippen molar-refractivity contribution < 1.29 is 0 Å². The molecule has 0 bridgehead atoms. The third kappa shape index (κ3) is 3.28. The van der Waals surface area contributed by atoms with E-state index < -0.39 is 0 Å². The molecule has 18 heavy (non-hydrogen) atoms. The highest BCUT2D eigenvalue weighted by Gasteiger charge is 2.29. The molecule has 1 unspecified atom stereocenters. The lowest BCUT2D eigenvalue weighted by molar-refractivity contribution is 0.161. The molecule has 2 nitrogen and oxygen atoms in total. The van der Waals surface area contributed by atoms with Crippen molar-refractivity contribution in [3.05, 3.63) is 29.8 Å². The fourth-order valence-electron chi connectivity index (χ4n) is 2.54. The maximum atomic E-state index is 3.37. The Balaban J connectivity index is 2.10. The molecule has 1 saturated heterocycles. The van der Waals surface area contributed by atoms with E-state index in [1.54, 1.807) is 0 Å². The maximum absolute atomic E-state index is 3.37. The van der Waals surface area contributed by atoms with Gasteiger partial charge < -0.3 is 10.2 Å². The molecule has 1 aliphatic heterocycles. The number of benzene rings is 1. The van der Waals surface area contributed by atoms with Crippen molar-refractivity contribution in [1.82, 2.24) is 10.2 Å². The molecule has 1 atom stereocenters. The van der Waals surface area contributed by atoms with Crippen LogP contribution in [0.2, 0.25) is 0 Å². The molecule has 0 saturated carbocycles. The second-order valence-corrected chi connectivity index (χ2v) is 7.21. The Morgan fingerprint density at radius 1 is 1.17 bits per heavy atom. The van der Waals surface area contributed by atoms with Crippen molar-refractivity contribution in [2.45, 2.75) is 30.0 Å². The molecular formula is C15H24N2S. The molecule has 0 amide bonds. The van der Waals surface area contributed by atoms with Crippen LogP contribution in [0.5, 0.6) is 0 Å². The first-order chi connectivity index (χ1) is 8.58. The van der Waals surface area contributed by atoms with E-state index in [-0.39, 0.29) is 0 Å². The van der Waals surface area contributed by atoms with Gasteiger partial charge in [0.05, 0.1) is 0 Å². The van der Waals surface area contributed by atoms with E-state index >= 15 is 0 Å². The van der Waals surface area contributed by atoms with Gasteiger partial charge in [0, 0.05) is 35.2 Å². The average molecular weight is 264 g/mol. The molecule has 1 aliphatic rings.